The number of piperazine rings is 1. The van der Waals surface area contributed by atoms with Crippen molar-refractivity contribution in [2.24, 2.45) is 0 Å². The molecule has 0 atom stereocenters. The number of hydrogen-bond acceptors (Lipinski definition) is 8. The van der Waals surface area contributed by atoms with Crippen LogP contribution in [0.15, 0.2) is 50.9 Å². The second kappa shape index (κ2) is 14.3. The van der Waals surface area contributed by atoms with Crippen LogP contribution in [0.25, 0.3) is 10.9 Å². The van der Waals surface area contributed by atoms with Crippen LogP contribution in [-0.2, 0) is 13.0 Å². The largest absolute Gasteiger partial charge is 0.492 e. The summed E-state index contributed by atoms with van der Waals surface area (Å²) < 4.78 is 24.4. The maximum absolute atomic E-state index is 15.7. The lowest BCUT2D eigenvalue weighted by atomic mass is 10.1. The molecule has 3 heterocycles. The SMILES string of the molecule is CCc1cc(Nc2cc(=O)n(CCCCCN3CCN(c4c(F)cc5c(=O)c(C(=O)O)cn(C6CC6)c5c4OC)CC3)c(=O)[nH]2)ccc1C. The molecule has 1 saturated heterocycles. The van der Waals surface area contributed by atoms with Gasteiger partial charge in [-0.3, -0.25) is 24.0 Å². The van der Waals surface area contributed by atoms with Crippen molar-refractivity contribution in [1.82, 2.24) is 19.0 Å². The number of aryl methyl sites for hydroxylation is 2. The van der Waals surface area contributed by atoms with Crippen LogP contribution in [0.4, 0.5) is 21.6 Å². The van der Waals surface area contributed by atoms with Crippen LogP contribution in [0.2, 0.25) is 0 Å². The third-order valence-corrected chi connectivity index (χ3v) is 9.65. The number of aromatic amines is 1. The molecule has 0 unspecified atom stereocenters. The van der Waals surface area contributed by atoms with Gasteiger partial charge in [-0.15, -0.1) is 0 Å². The van der Waals surface area contributed by atoms with Gasteiger partial charge in [0, 0.05) is 56.7 Å². The van der Waals surface area contributed by atoms with Crippen LogP contribution < -0.4 is 31.6 Å². The summed E-state index contributed by atoms with van der Waals surface area (Å²) in [6, 6.07) is 8.56. The van der Waals surface area contributed by atoms with E-state index in [1.54, 1.807) is 4.57 Å². The number of H-pyrrole nitrogens is 1. The molecule has 49 heavy (non-hydrogen) atoms. The van der Waals surface area contributed by atoms with Crippen LogP contribution >= 0.6 is 0 Å². The first kappa shape index (κ1) is 34.0. The molecule has 13 heteroatoms. The third-order valence-electron chi connectivity index (χ3n) is 9.65. The summed E-state index contributed by atoms with van der Waals surface area (Å²) in [6.45, 7) is 7.78. The zero-order chi connectivity index (χ0) is 34.8. The number of hydrogen-bond donors (Lipinski definition) is 3. The molecule has 0 radical (unpaired) electrons. The smallest absolute Gasteiger partial charge is 0.341 e. The molecule has 4 aromatic rings. The Kier molecular flexibility index (Phi) is 9.91. The second-order valence-electron chi connectivity index (χ2n) is 12.9. The standard InChI is InChI=1S/C36H43FN6O6/c1-4-23-18-24(9-8-22(23)2)38-29-20-30(44)42(36(48)39-29)13-7-5-6-12-40-14-16-41(17-15-40)32-28(37)19-26-31(34(32)49-3)43(25-10-11-25)21-27(33(26)45)35(46)47/h8-9,18-21,25,38H,4-7,10-17H2,1-3H3,(H,39,48)(H,46,47). The van der Waals surface area contributed by atoms with E-state index in [0.29, 0.717) is 50.5 Å². The number of aromatic carboxylic acids is 1. The molecule has 2 fully saturated rings. The molecule has 1 saturated carbocycles. The van der Waals surface area contributed by atoms with Crippen molar-refractivity contribution >= 4 is 34.1 Å². The first-order valence-electron chi connectivity index (χ1n) is 17.0. The fourth-order valence-corrected chi connectivity index (χ4v) is 6.79. The van der Waals surface area contributed by atoms with E-state index in [-0.39, 0.29) is 34.0 Å². The molecular formula is C36H43FN6O6. The maximum Gasteiger partial charge on any atom is 0.341 e. The molecule has 2 aromatic carbocycles. The molecule has 12 nitrogen and oxygen atoms in total. The van der Waals surface area contributed by atoms with Gasteiger partial charge in [0.2, 0.25) is 5.43 Å². The average molecular weight is 675 g/mol. The number of aromatic nitrogens is 3. The minimum Gasteiger partial charge on any atom is -0.492 e. The molecule has 0 spiro atoms. The highest BCUT2D eigenvalue weighted by atomic mass is 19.1. The highest BCUT2D eigenvalue weighted by molar-refractivity contribution is 5.97. The molecule has 6 rings (SSSR count). The zero-order valence-electron chi connectivity index (χ0n) is 28.2. The Morgan fingerprint density at radius 2 is 1.78 bits per heavy atom. The van der Waals surface area contributed by atoms with Gasteiger partial charge in [0.25, 0.3) is 5.56 Å². The van der Waals surface area contributed by atoms with Gasteiger partial charge < -0.3 is 24.6 Å². The van der Waals surface area contributed by atoms with Gasteiger partial charge in [0.15, 0.2) is 11.6 Å². The number of nitrogens with zero attached hydrogens (tertiary/aromatic N) is 4. The molecule has 1 aliphatic carbocycles. The van der Waals surface area contributed by atoms with Crippen LogP contribution in [0, 0.1) is 12.7 Å². The number of fused-ring (bicyclic) bond motifs is 1. The van der Waals surface area contributed by atoms with E-state index in [1.165, 1.54) is 35.1 Å². The summed E-state index contributed by atoms with van der Waals surface area (Å²) in [5.74, 6) is -1.34. The maximum atomic E-state index is 15.7. The second-order valence-corrected chi connectivity index (χ2v) is 12.9. The van der Waals surface area contributed by atoms with Crippen molar-refractivity contribution in [2.45, 2.75) is 65.0 Å². The van der Waals surface area contributed by atoms with E-state index in [9.17, 15) is 24.3 Å². The number of carbonyl (C=O) groups is 1. The quantitative estimate of drug-likeness (QED) is 0.173. The number of anilines is 3. The highest BCUT2D eigenvalue weighted by Gasteiger charge is 2.32. The first-order valence-corrected chi connectivity index (χ1v) is 17.0. The van der Waals surface area contributed by atoms with Crippen molar-refractivity contribution in [3.8, 4) is 5.75 Å². The summed E-state index contributed by atoms with van der Waals surface area (Å²) in [5.41, 5.74) is 2.02. The third kappa shape index (κ3) is 7.12. The Morgan fingerprint density at radius 1 is 1.04 bits per heavy atom. The van der Waals surface area contributed by atoms with Crippen molar-refractivity contribution in [3.05, 3.63) is 90.1 Å². The number of methoxy groups -OCH3 is 1. The topological polar surface area (TPSA) is 142 Å². The number of carboxylic acid groups (broad SMARTS) is 1. The predicted molar refractivity (Wildman–Crippen MR) is 188 cm³/mol. The molecule has 260 valence electrons. The van der Waals surface area contributed by atoms with Gasteiger partial charge >= 0.3 is 11.7 Å². The molecule has 3 N–H and O–H groups in total. The van der Waals surface area contributed by atoms with Gasteiger partial charge in [0.05, 0.1) is 18.0 Å². The van der Waals surface area contributed by atoms with Crippen molar-refractivity contribution in [2.75, 3.05) is 50.1 Å². The Morgan fingerprint density at radius 3 is 2.43 bits per heavy atom. The molecule has 0 bridgehead atoms. The summed E-state index contributed by atoms with van der Waals surface area (Å²) in [7, 11) is 1.45. The molecule has 1 aliphatic heterocycles. The number of halogens is 1. The van der Waals surface area contributed by atoms with Crippen molar-refractivity contribution in [3.63, 3.8) is 0 Å². The monoisotopic (exact) mass is 674 g/mol. The summed E-state index contributed by atoms with van der Waals surface area (Å²) >= 11 is 0. The van der Waals surface area contributed by atoms with Crippen molar-refractivity contribution < 1.29 is 19.0 Å². The zero-order valence-corrected chi connectivity index (χ0v) is 28.2. The number of rotatable bonds is 13. The van der Waals surface area contributed by atoms with Gasteiger partial charge in [-0.2, -0.15) is 0 Å². The average Bonchev–Trinajstić information content (AvgIpc) is 3.92. The van der Waals surface area contributed by atoms with Crippen molar-refractivity contribution in [1.29, 1.82) is 0 Å². The Bertz CT molecular complexity index is 2030. The van der Waals surface area contributed by atoms with Gasteiger partial charge in [-0.25, -0.2) is 14.0 Å². The van der Waals surface area contributed by atoms with Crippen LogP contribution in [-0.4, -0.2) is 69.9 Å². The molecule has 2 aromatic heterocycles. The van der Waals surface area contributed by atoms with E-state index in [0.717, 1.165) is 50.4 Å². The van der Waals surface area contributed by atoms with E-state index >= 15 is 4.39 Å². The lowest BCUT2D eigenvalue weighted by Crippen LogP contribution is -2.47. The van der Waals surface area contributed by atoms with Crippen LogP contribution in [0.1, 0.15) is 66.6 Å². The van der Waals surface area contributed by atoms with Gasteiger partial charge in [-0.1, -0.05) is 19.4 Å². The fourth-order valence-electron chi connectivity index (χ4n) is 6.79. The number of carboxylic acids is 1. The number of benzene rings is 2. The number of pyridine rings is 1. The highest BCUT2D eigenvalue weighted by Crippen LogP contribution is 2.43. The summed E-state index contributed by atoms with van der Waals surface area (Å²) in [4.78, 5) is 57.2. The summed E-state index contributed by atoms with van der Waals surface area (Å²) in [5, 5.41) is 12.7. The minimum atomic E-state index is -1.34. The minimum absolute atomic E-state index is 0.00755. The first-order chi connectivity index (χ1) is 23.6. The normalized spacial score (nSPS) is 15.1. The lowest BCUT2D eigenvalue weighted by Gasteiger charge is -2.37. The summed E-state index contributed by atoms with van der Waals surface area (Å²) in [6.07, 6.45) is 6.33. The van der Waals surface area contributed by atoms with Crippen LogP contribution in [0.5, 0.6) is 5.75 Å². The number of ether oxygens (including phenoxy) is 1. The van der Waals surface area contributed by atoms with E-state index in [1.807, 2.05) is 23.1 Å². The van der Waals surface area contributed by atoms with E-state index < -0.39 is 22.9 Å². The van der Waals surface area contributed by atoms with Crippen LogP contribution in [0.3, 0.4) is 0 Å². The Balaban J connectivity index is 1.04. The predicted octanol–water partition coefficient (Wildman–Crippen LogP) is 4.64. The number of unbranched alkanes of at least 4 members (excludes halogenated alkanes) is 2. The molecular weight excluding hydrogens is 631 g/mol. The fraction of sp³-hybridized carbons (Fsp3) is 0.444. The van der Waals surface area contributed by atoms with Gasteiger partial charge in [0.1, 0.15) is 17.1 Å². The van der Waals surface area contributed by atoms with E-state index in [4.69, 9.17) is 4.74 Å². The van der Waals surface area contributed by atoms with Gasteiger partial charge in [-0.05, 0) is 74.9 Å². The molecule has 0 amide bonds. The Hall–Kier alpha value is -4.91. The number of nitrogens with one attached hydrogen (secondary N) is 2. The lowest BCUT2D eigenvalue weighted by molar-refractivity contribution is 0.0694. The van der Waals surface area contributed by atoms with E-state index in [2.05, 4.69) is 29.0 Å². The molecule has 2 aliphatic rings. The Labute approximate surface area is 282 Å².